The number of carbonyl (C=O) groups is 1. The predicted molar refractivity (Wildman–Crippen MR) is 70.3 cm³/mol. The molecule has 0 aliphatic carbocycles. The summed E-state index contributed by atoms with van der Waals surface area (Å²) in [6, 6.07) is 0. The first-order valence-corrected chi connectivity index (χ1v) is 6.10. The second-order valence-electron chi connectivity index (χ2n) is 4.34. The van der Waals surface area contributed by atoms with Crippen LogP contribution in [0, 0.1) is 5.92 Å². The smallest absolute Gasteiger partial charge is 0.226 e. The predicted octanol–water partition coefficient (Wildman–Crippen LogP) is 3.40. The molecule has 0 aliphatic heterocycles. The van der Waals surface area contributed by atoms with Crippen LogP contribution in [-0.2, 0) is 4.79 Å². The van der Waals surface area contributed by atoms with Crippen molar-refractivity contribution in [2.75, 3.05) is 13.1 Å². The van der Waals surface area contributed by atoms with Crippen molar-refractivity contribution in [1.29, 1.82) is 0 Å². The molecule has 2 nitrogen and oxygen atoms in total. The summed E-state index contributed by atoms with van der Waals surface area (Å²) < 4.78 is 0. The Balaban J connectivity index is 3.99. The van der Waals surface area contributed by atoms with E-state index in [4.69, 9.17) is 0 Å². The molecule has 0 aromatic rings. The van der Waals surface area contributed by atoms with Crippen LogP contribution in [0.4, 0.5) is 0 Å². The van der Waals surface area contributed by atoms with E-state index in [0.29, 0.717) is 12.3 Å². The van der Waals surface area contributed by atoms with Crippen LogP contribution in [0.1, 0.15) is 40.5 Å². The van der Waals surface area contributed by atoms with Gasteiger partial charge in [-0.3, -0.25) is 4.79 Å². The maximum absolute atomic E-state index is 11.7. The molecule has 0 N–H and O–H groups in total. The van der Waals surface area contributed by atoms with E-state index in [2.05, 4.69) is 19.6 Å². The van der Waals surface area contributed by atoms with Crippen LogP contribution in [0.25, 0.3) is 0 Å². The Kier molecular flexibility index (Phi) is 7.61. The van der Waals surface area contributed by atoms with Crippen LogP contribution in [-0.4, -0.2) is 23.9 Å². The molecule has 0 aromatic carbocycles. The SMILES string of the molecule is C=C(C)CC(C)C=CCC(=O)N(CC)CC. The lowest BCUT2D eigenvalue weighted by molar-refractivity contribution is -0.129. The van der Waals surface area contributed by atoms with E-state index in [-0.39, 0.29) is 5.91 Å². The summed E-state index contributed by atoms with van der Waals surface area (Å²) in [6.45, 7) is 13.7. The molecular formula is C14H25NO. The van der Waals surface area contributed by atoms with E-state index in [1.54, 1.807) is 0 Å². The lowest BCUT2D eigenvalue weighted by atomic mass is 10.0. The molecular weight excluding hydrogens is 198 g/mol. The Hall–Kier alpha value is -1.05. The molecule has 1 atom stereocenters. The van der Waals surface area contributed by atoms with E-state index < -0.39 is 0 Å². The zero-order valence-electron chi connectivity index (χ0n) is 11.1. The average molecular weight is 223 g/mol. The number of nitrogens with zero attached hydrogens (tertiary/aromatic N) is 1. The Labute approximate surface area is 100 Å². The van der Waals surface area contributed by atoms with Gasteiger partial charge in [-0.25, -0.2) is 0 Å². The third kappa shape index (κ3) is 6.44. The van der Waals surface area contributed by atoms with Crippen molar-refractivity contribution in [3.05, 3.63) is 24.3 Å². The summed E-state index contributed by atoms with van der Waals surface area (Å²) in [5.41, 5.74) is 1.19. The molecule has 16 heavy (non-hydrogen) atoms. The lowest BCUT2D eigenvalue weighted by Gasteiger charge is -2.17. The first-order valence-electron chi connectivity index (χ1n) is 6.10. The lowest BCUT2D eigenvalue weighted by Crippen LogP contribution is -2.29. The average Bonchev–Trinajstić information content (AvgIpc) is 2.18. The third-order valence-corrected chi connectivity index (χ3v) is 2.54. The molecule has 0 fully saturated rings. The second-order valence-corrected chi connectivity index (χ2v) is 4.34. The normalized spacial score (nSPS) is 12.8. The maximum atomic E-state index is 11.7. The highest BCUT2D eigenvalue weighted by molar-refractivity contribution is 5.77. The summed E-state index contributed by atoms with van der Waals surface area (Å²) in [4.78, 5) is 13.5. The van der Waals surface area contributed by atoms with Gasteiger partial charge in [-0.05, 0) is 33.1 Å². The van der Waals surface area contributed by atoms with Crippen LogP contribution < -0.4 is 0 Å². The molecule has 0 bridgehead atoms. The van der Waals surface area contributed by atoms with E-state index >= 15 is 0 Å². The van der Waals surface area contributed by atoms with Gasteiger partial charge in [0.1, 0.15) is 0 Å². The molecule has 0 aliphatic rings. The minimum atomic E-state index is 0.212. The fraction of sp³-hybridized carbons (Fsp3) is 0.643. The molecule has 0 rings (SSSR count). The van der Waals surface area contributed by atoms with E-state index in [9.17, 15) is 4.79 Å². The highest BCUT2D eigenvalue weighted by atomic mass is 16.2. The van der Waals surface area contributed by atoms with Crippen molar-refractivity contribution in [2.45, 2.75) is 40.5 Å². The van der Waals surface area contributed by atoms with Crippen molar-refractivity contribution >= 4 is 5.91 Å². The molecule has 0 heterocycles. The van der Waals surface area contributed by atoms with Crippen molar-refractivity contribution in [3.8, 4) is 0 Å². The van der Waals surface area contributed by atoms with Crippen molar-refractivity contribution in [2.24, 2.45) is 5.92 Å². The quantitative estimate of drug-likeness (QED) is 0.606. The number of carbonyl (C=O) groups excluding carboxylic acids is 1. The van der Waals surface area contributed by atoms with Crippen molar-refractivity contribution < 1.29 is 4.79 Å². The molecule has 0 aromatic heterocycles. The molecule has 1 unspecified atom stereocenters. The molecule has 92 valence electrons. The van der Waals surface area contributed by atoms with Gasteiger partial charge in [0, 0.05) is 19.5 Å². The van der Waals surface area contributed by atoms with E-state index in [1.165, 1.54) is 5.57 Å². The number of hydrogen-bond acceptors (Lipinski definition) is 1. The minimum absolute atomic E-state index is 0.212. The number of rotatable bonds is 7. The first kappa shape index (κ1) is 14.9. The second kappa shape index (κ2) is 8.14. The van der Waals surface area contributed by atoms with Gasteiger partial charge in [0.15, 0.2) is 0 Å². The topological polar surface area (TPSA) is 20.3 Å². The Morgan fingerprint density at radius 3 is 2.38 bits per heavy atom. The third-order valence-electron chi connectivity index (χ3n) is 2.54. The van der Waals surface area contributed by atoms with Gasteiger partial charge in [0.25, 0.3) is 0 Å². The maximum Gasteiger partial charge on any atom is 0.226 e. The molecule has 0 spiro atoms. The number of hydrogen-bond donors (Lipinski definition) is 0. The summed E-state index contributed by atoms with van der Waals surface area (Å²) in [5, 5.41) is 0. The first-order chi connectivity index (χ1) is 7.51. The van der Waals surface area contributed by atoms with Gasteiger partial charge in [-0.15, -0.1) is 6.58 Å². The summed E-state index contributed by atoms with van der Waals surface area (Å²) in [5.74, 6) is 0.686. The number of amides is 1. The van der Waals surface area contributed by atoms with Gasteiger partial charge in [0.2, 0.25) is 5.91 Å². The van der Waals surface area contributed by atoms with Gasteiger partial charge in [0.05, 0.1) is 0 Å². The zero-order valence-corrected chi connectivity index (χ0v) is 11.1. The molecule has 1 amide bonds. The highest BCUT2D eigenvalue weighted by Gasteiger charge is 2.06. The summed E-state index contributed by atoms with van der Waals surface area (Å²) in [7, 11) is 0. The van der Waals surface area contributed by atoms with Crippen LogP contribution >= 0.6 is 0 Å². The van der Waals surface area contributed by atoms with Crippen LogP contribution in [0.15, 0.2) is 24.3 Å². The Bertz CT molecular complexity index is 251. The Morgan fingerprint density at radius 2 is 1.94 bits per heavy atom. The fourth-order valence-electron chi connectivity index (χ4n) is 1.72. The van der Waals surface area contributed by atoms with Crippen molar-refractivity contribution in [1.82, 2.24) is 4.90 Å². The molecule has 0 saturated heterocycles. The molecule has 2 heteroatoms. The van der Waals surface area contributed by atoms with Gasteiger partial charge in [-0.1, -0.05) is 24.6 Å². The molecule has 0 radical (unpaired) electrons. The standard InChI is InChI=1S/C14H25NO/c1-6-15(7-2)14(16)10-8-9-13(5)11-12(3)4/h8-9,13H,3,6-7,10-11H2,1-2,4-5H3. The van der Waals surface area contributed by atoms with Gasteiger partial charge in [-0.2, -0.15) is 0 Å². The van der Waals surface area contributed by atoms with E-state index in [1.807, 2.05) is 31.7 Å². The van der Waals surface area contributed by atoms with Gasteiger partial charge < -0.3 is 4.90 Å². The highest BCUT2D eigenvalue weighted by Crippen LogP contribution is 2.10. The summed E-state index contributed by atoms with van der Waals surface area (Å²) >= 11 is 0. The largest absolute Gasteiger partial charge is 0.343 e. The fourth-order valence-corrected chi connectivity index (χ4v) is 1.72. The minimum Gasteiger partial charge on any atom is -0.343 e. The van der Waals surface area contributed by atoms with Crippen LogP contribution in [0.2, 0.25) is 0 Å². The monoisotopic (exact) mass is 223 g/mol. The number of allylic oxidation sites excluding steroid dienone is 2. The van der Waals surface area contributed by atoms with Gasteiger partial charge >= 0.3 is 0 Å². The molecule has 0 saturated carbocycles. The Morgan fingerprint density at radius 1 is 1.38 bits per heavy atom. The zero-order chi connectivity index (χ0) is 12.6. The van der Waals surface area contributed by atoms with Crippen LogP contribution in [0.5, 0.6) is 0 Å². The van der Waals surface area contributed by atoms with E-state index in [0.717, 1.165) is 19.5 Å². The summed E-state index contributed by atoms with van der Waals surface area (Å²) in [6.07, 6.45) is 5.60. The van der Waals surface area contributed by atoms with Crippen molar-refractivity contribution in [3.63, 3.8) is 0 Å². The van der Waals surface area contributed by atoms with Crippen LogP contribution in [0.3, 0.4) is 0 Å².